The summed E-state index contributed by atoms with van der Waals surface area (Å²) in [7, 11) is 0. The highest BCUT2D eigenvalue weighted by molar-refractivity contribution is 7.26. The van der Waals surface area contributed by atoms with Crippen molar-refractivity contribution < 1.29 is 0 Å². The van der Waals surface area contributed by atoms with Crippen LogP contribution in [0.2, 0.25) is 0 Å². The molecule has 1 nitrogen and oxygen atoms in total. The van der Waals surface area contributed by atoms with Gasteiger partial charge in [-0.2, -0.15) is 0 Å². The zero-order valence-corrected chi connectivity index (χ0v) is 29.2. The molecule has 0 radical (unpaired) electrons. The Hall–Kier alpha value is -6.48. The topological polar surface area (TPSA) is 3.24 Å². The highest BCUT2D eigenvalue weighted by Crippen LogP contribution is 2.46. The number of fused-ring (bicyclic) bond motifs is 5. The molecule has 0 aliphatic rings. The average Bonchev–Trinajstić information content (AvgIpc) is 3.61. The molecule has 2 heteroatoms. The molecule has 0 atom stereocenters. The van der Waals surface area contributed by atoms with Crippen LogP contribution in [0.1, 0.15) is 0 Å². The highest BCUT2D eigenvalue weighted by Gasteiger charge is 2.19. The molecule has 0 spiro atoms. The summed E-state index contributed by atoms with van der Waals surface area (Å²) in [5.74, 6) is 0. The number of rotatable bonds is 6. The SMILES string of the molecule is c1ccc(-c2ccc3c(-c4cccc(N(c5ccc(-c6cccc7ccccc67)cc5)c5cccc6c5sc5ccccc56)c4)cccc3c2)cc1. The lowest BCUT2D eigenvalue weighted by Gasteiger charge is -2.27. The second kappa shape index (κ2) is 12.7. The lowest BCUT2D eigenvalue weighted by Crippen LogP contribution is -2.10. The van der Waals surface area contributed by atoms with E-state index in [0.29, 0.717) is 0 Å². The molecule has 1 heterocycles. The Kier molecular flexibility index (Phi) is 7.41. The van der Waals surface area contributed by atoms with E-state index in [0.717, 1.165) is 11.4 Å². The van der Waals surface area contributed by atoms with E-state index in [1.54, 1.807) is 0 Å². The molecule has 0 aliphatic heterocycles. The van der Waals surface area contributed by atoms with Gasteiger partial charge in [-0.15, -0.1) is 11.3 Å². The standard InChI is InChI=1S/C50H33NS/c1-2-12-34(13-3-1)37-28-31-45-38(32-37)17-10-22-44(45)39-16-8-18-41(33-39)51(48-24-11-23-47-46-20-6-7-25-49(46)52-50(47)48)40-29-26-36(27-30-40)43-21-9-15-35-14-4-5-19-42(35)43/h1-33H. The van der Waals surface area contributed by atoms with E-state index >= 15 is 0 Å². The van der Waals surface area contributed by atoms with Crippen molar-refractivity contribution in [3.05, 3.63) is 200 Å². The lowest BCUT2D eigenvalue weighted by atomic mass is 9.95. The first-order chi connectivity index (χ1) is 25.8. The average molecular weight is 680 g/mol. The molecule has 1 aromatic heterocycles. The molecule has 10 rings (SSSR count). The van der Waals surface area contributed by atoms with Crippen LogP contribution in [-0.2, 0) is 0 Å². The van der Waals surface area contributed by atoms with Gasteiger partial charge in [0, 0.05) is 26.8 Å². The normalized spacial score (nSPS) is 11.5. The summed E-state index contributed by atoms with van der Waals surface area (Å²) in [4.78, 5) is 2.44. The first-order valence-corrected chi connectivity index (χ1v) is 18.6. The maximum absolute atomic E-state index is 2.44. The summed E-state index contributed by atoms with van der Waals surface area (Å²) in [6.45, 7) is 0. The maximum atomic E-state index is 2.44. The predicted molar refractivity (Wildman–Crippen MR) is 225 cm³/mol. The molecular weight excluding hydrogens is 647 g/mol. The van der Waals surface area contributed by atoms with Gasteiger partial charge in [-0.3, -0.25) is 0 Å². The van der Waals surface area contributed by atoms with Gasteiger partial charge >= 0.3 is 0 Å². The zero-order valence-electron chi connectivity index (χ0n) is 28.4. The van der Waals surface area contributed by atoms with E-state index in [1.807, 2.05) is 11.3 Å². The number of hydrogen-bond acceptors (Lipinski definition) is 2. The van der Waals surface area contributed by atoms with Gasteiger partial charge in [0.05, 0.1) is 10.4 Å². The molecular formula is C50H33NS. The minimum Gasteiger partial charge on any atom is -0.309 e. The Morgan fingerprint density at radius 3 is 1.81 bits per heavy atom. The van der Waals surface area contributed by atoms with E-state index in [4.69, 9.17) is 0 Å². The van der Waals surface area contributed by atoms with E-state index < -0.39 is 0 Å². The van der Waals surface area contributed by atoms with Crippen LogP contribution in [0.5, 0.6) is 0 Å². The number of anilines is 3. The van der Waals surface area contributed by atoms with Crippen molar-refractivity contribution in [3.63, 3.8) is 0 Å². The van der Waals surface area contributed by atoms with Crippen molar-refractivity contribution in [2.75, 3.05) is 4.90 Å². The van der Waals surface area contributed by atoms with E-state index in [1.165, 1.54) is 80.8 Å². The fourth-order valence-corrected chi connectivity index (χ4v) is 8.97. The fourth-order valence-electron chi connectivity index (χ4n) is 7.76. The van der Waals surface area contributed by atoms with Crippen molar-refractivity contribution in [2.24, 2.45) is 0 Å². The van der Waals surface area contributed by atoms with Crippen LogP contribution >= 0.6 is 11.3 Å². The minimum absolute atomic E-state index is 1.12. The van der Waals surface area contributed by atoms with Gasteiger partial charge in [0.15, 0.2) is 0 Å². The number of benzene rings is 9. The quantitative estimate of drug-likeness (QED) is 0.169. The van der Waals surface area contributed by atoms with E-state index in [-0.39, 0.29) is 0 Å². The zero-order chi connectivity index (χ0) is 34.4. The van der Waals surface area contributed by atoms with Gasteiger partial charge in [-0.05, 0) is 97.4 Å². The molecule has 0 saturated carbocycles. The van der Waals surface area contributed by atoms with Crippen molar-refractivity contribution in [3.8, 4) is 33.4 Å². The molecule has 9 aromatic carbocycles. The smallest absolute Gasteiger partial charge is 0.0640 e. The van der Waals surface area contributed by atoms with Gasteiger partial charge in [0.1, 0.15) is 0 Å². The van der Waals surface area contributed by atoms with Gasteiger partial charge in [0.25, 0.3) is 0 Å². The van der Waals surface area contributed by atoms with Crippen molar-refractivity contribution >= 4 is 70.1 Å². The largest absolute Gasteiger partial charge is 0.309 e. The monoisotopic (exact) mass is 679 g/mol. The van der Waals surface area contributed by atoms with Crippen LogP contribution in [-0.4, -0.2) is 0 Å². The molecule has 0 amide bonds. The van der Waals surface area contributed by atoms with Gasteiger partial charge in [-0.25, -0.2) is 0 Å². The van der Waals surface area contributed by atoms with Gasteiger partial charge in [0.2, 0.25) is 0 Å². The second-order valence-electron chi connectivity index (χ2n) is 13.3. The Labute approximate surface area is 307 Å². The molecule has 0 bridgehead atoms. The molecule has 0 saturated heterocycles. The third-order valence-corrected chi connectivity index (χ3v) is 11.5. The first-order valence-electron chi connectivity index (χ1n) is 17.8. The first kappa shape index (κ1) is 30.4. The van der Waals surface area contributed by atoms with E-state index in [9.17, 15) is 0 Å². The summed E-state index contributed by atoms with van der Waals surface area (Å²) in [5, 5.41) is 7.59. The third-order valence-electron chi connectivity index (χ3n) is 10.3. The summed E-state index contributed by atoms with van der Waals surface area (Å²) in [6, 6.07) is 72.9. The van der Waals surface area contributed by atoms with Crippen LogP contribution in [0, 0.1) is 0 Å². The summed E-state index contributed by atoms with van der Waals surface area (Å²) < 4.78 is 2.58. The van der Waals surface area contributed by atoms with Crippen LogP contribution in [0.4, 0.5) is 17.1 Å². The van der Waals surface area contributed by atoms with Crippen molar-refractivity contribution in [1.29, 1.82) is 0 Å². The van der Waals surface area contributed by atoms with E-state index in [2.05, 4.69) is 205 Å². The van der Waals surface area contributed by atoms with Crippen molar-refractivity contribution in [1.82, 2.24) is 0 Å². The fraction of sp³-hybridized carbons (Fsp3) is 0. The molecule has 0 aliphatic carbocycles. The lowest BCUT2D eigenvalue weighted by molar-refractivity contribution is 1.30. The third kappa shape index (κ3) is 5.24. The minimum atomic E-state index is 1.12. The second-order valence-corrected chi connectivity index (χ2v) is 14.4. The maximum Gasteiger partial charge on any atom is 0.0640 e. The summed E-state index contributed by atoms with van der Waals surface area (Å²) >= 11 is 1.87. The highest BCUT2D eigenvalue weighted by atomic mass is 32.1. The van der Waals surface area contributed by atoms with Gasteiger partial charge in [-0.1, -0.05) is 158 Å². The van der Waals surface area contributed by atoms with Gasteiger partial charge < -0.3 is 4.90 Å². The molecule has 0 N–H and O–H groups in total. The van der Waals surface area contributed by atoms with Crippen LogP contribution in [0.15, 0.2) is 200 Å². The molecule has 52 heavy (non-hydrogen) atoms. The molecule has 10 aromatic rings. The summed E-state index contributed by atoms with van der Waals surface area (Å²) in [6.07, 6.45) is 0. The Balaban J connectivity index is 1.13. The number of thiophene rings is 1. The summed E-state index contributed by atoms with van der Waals surface area (Å²) in [5.41, 5.74) is 10.8. The van der Waals surface area contributed by atoms with Crippen LogP contribution in [0.25, 0.3) is 75.1 Å². The molecule has 0 fully saturated rings. The Bertz CT molecular complexity index is 2900. The predicted octanol–water partition coefficient (Wildman–Crippen LogP) is 14.8. The Morgan fingerprint density at radius 1 is 0.327 bits per heavy atom. The van der Waals surface area contributed by atoms with Crippen LogP contribution in [0.3, 0.4) is 0 Å². The van der Waals surface area contributed by atoms with Crippen molar-refractivity contribution in [2.45, 2.75) is 0 Å². The number of hydrogen-bond donors (Lipinski definition) is 0. The molecule has 244 valence electrons. The Morgan fingerprint density at radius 2 is 0.942 bits per heavy atom. The van der Waals surface area contributed by atoms with Crippen LogP contribution < -0.4 is 4.90 Å². The molecule has 0 unspecified atom stereocenters. The number of nitrogens with zero attached hydrogens (tertiary/aromatic N) is 1.